The zero-order valence-corrected chi connectivity index (χ0v) is 18.8. The number of hydrogen-bond donors (Lipinski definition) is 0. The number of nitrogens with zero attached hydrogens (tertiary/aromatic N) is 5. The predicted molar refractivity (Wildman–Crippen MR) is 117 cm³/mol. The quantitative estimate of drug-likeness (QED) is 0.497. The van der Waals surface area contributed by atoms with Crippen LogP contribution in [0.25, 0.3) is 5.69 Å². The predicted octanol–water partition coefficient (Wildman–Crippen LogP) is 4.40. The summed E-state index contributed by atoms with van der Waals surface area (Å²) in [5, 5.41) is 8.29. The monoisotopic (exact) mass is 489 g/mol. The Hall–Kier alpha value is -3.50. The summed E-state index contributed by atoms with van der Waals surface area (Å²) in [7, 11) is 0. The smallest absolute Gasteiger partial charge is 0.417 e. The molecule has 2 saturated heterocycles. The molecule has 2 aromatic heterocycles. The van der Waals surface area contributed by atoms with Gasteiger partial charge in [-0.3, -0.25) is 4.79 Å². The molecular formula is C24H23F4N5O2. The van der Waals surface area contributed by atoms with Crippen LogP contribution in [0.5, 0.6) is 5.88 Å². The lowest BCUT2D eigenvalue weighted by atomic mass is 9.72. The molecule has 184 valence electrons. The van der Waals surface area contributed by atoms with Crippen molar-refractivity contribution in [2.24, 2.45) is 5.92 Å². The standard InChI is InChI=1S/C24H23F4N5O2/c1-14-3-2-4-18(33-30-9-10-31-33)22(14)23(34)32-17-7-5-15(19(32)12-25)11-20(17)35-21-8-6-16(13-29-21)24(26,27)28/h2-4,6,8-10,13,15,17,19-20H,5,7,11-12H2,1H3. The van der Waals surface area contributed by atoms with Crippen LogP contribution in [0.1, 0.15) is 40.7 Å². The summed E-state index contributed by atoms with van der Waals surface area (Å²) in [6.45, 7) is 1.10. The molecule has 7 nitrogen and oxygen atoms in total. The van der Waals surface area contributed by atoms with Crippen LogP contribution in [-0.4, -0.2) is 55.6 Å². The van der Waals surface area contributed by atoms with Gasteiger partial charge in [0.25, 0.3) is 5.91 Å². The van der Waals surface area contributed by atoms with E-state index in [-0.39, 0.29) is 17.7 Å². The lowest BCUT2D eigenvalue weighted by Gasteiger charge is -2.53. The number of piperidine rings is 2. The third-order valence-electron chi connectivity index (χ3n) is 6.88. The van der Waals surface area contributed by atoms with Crippen molar-refractivity contribution in [2.75, 3.05) is 6.67 Å². The van der Waals surface area contributed by atoms with Gasteiger partial charge in [-0.15, -0.1) is 0 Å². The fourth-order valence-corrected chi connectivity index (χ4v) is 5.25. The molecule has 3 aliphatic rings. The highest BCUT2D eigenvalue weighted by molar-refractivity contribution is 5.99. The van der Waals surface area contributed by atoms with E-state index in [9.17, 15) is 22.4 Å². The minimum absolute atomic E-state index is 0.0390. The van der Waals surface area contributed by atoms with Crippen LogP contribution in [0.2, 0.25) is 0 Å². The molecule has 3 fully saturated rings. The Bertz CT molecular complexity index is 1200. The van der Waals surface area contributed by atoms with Gasteiger partial charge in [-0.2, -0.15) is 28.2 Å². The Balaban J connectivity index is 1.46. The van der Waals surface area contributed by atoms with E-state index < -0.39 is 36.6 Å². The van der Waals surface area contributed by atoms with Crippen molar-refractivity contribution in [3.8, 4) is 11.6 Å². The van der Waals surface area contributed by atoms with Crippen molar-refractivity contribution >= 4 is 5.91 Å². The number of hydrogen-bond acceptors (Lipinski definition) is 5. The fraction of sp³-hybridized carbons (Fsp3) is 0.417. The number of aromatic nitrogens is 4. The number of ether oxygens (including phenoxy) is 1. The SMILES string of the molecule is Cc1cccc(-n2nccn2)c1C(=O)N1C(CF)C2CCC1C(Oc1ccc(C(F)(F)F)cn1)C2. The lowest BCUT2D eigenvalue weighted by Crippen LogP contribution is -2.65. The highest BCUT2D eigenvalue weighted by atomic mass is 19.4. The van der Waals surface area contributed by atoms with Crippen molar-refractivity contribution < 1.29 is 27.1 Å². The first kappa shape index (κ1) is 23.3. The van der Waals surface area contributed by atoms with Gasteiger partial charge in [-0.05, 0) is 49.8 Å². The molecule has 3 aromatic rings. The van der Waals surface area contributed by atoms with E-state index in [2.05, 4.69) is 15.2 Å². The van der Waals surface area contributed by atoms with E-state index in [0.717, 1.165) is 18.7 Å². The highest BCUT2D eigenvalue weighted by Crippen LogP contribution is 2.43. The molecule has 0 radical (unpaired) electrons. The maximum absolute atomic E-state index is 14.3. The minimum Gasteiger partial charge on any atom is -0.472 e. The van der Waals surface area contributed by atoms with Crippen molar-refractivity contribution in [3.05, 3.63) is 65.6 Å². The molecule has 11 heteroatoms. The van der Waals surface area contributed by atoms with E-state index in [4.69, 9.17) is 4.74 Å². The summed E-state index contributed by atoms with van der Waals surface area (Å²) in [6, 6.07) is 6.34. The Morgan fingerprint density at radius 3 is 2.57 bits per heavy atom. The first-order valence-corrected chi connectivity index (χ1v) is 11.3. The second-order valence-electron chi connectivity index (χ2n) is 8.90. The van der Waals surface area contributed by atoms with Gasteiger partial charge in [-0.1, -0.05) is 12.1 Å². The second-order valence-corrected chi connectivity index (χ2v) is 8.90. The summed E-state index contributed by atoms with van der Waals surface area (Å²) in [5.74, 6) is -0.442. The number of pyridine rings is 1. The van der Waals surface area contributed by atoms with E-state index in [0.29, 0.717) is 29.7 Å². The number of halogens is 4. The molecule has 1 aromatic carbocycles. The summed E-state index contributed by atoms with van der Waals surface area (Å²) in [6.07, 6.45) is 0.550. The number of benzene rings is 1. The molecule has 4 atom stereocenters. The van der Waals surface area contributed by atoms with Crippen LogP contribution in [-0.2, 0) is 6.18 Å². The fourth-order valence-electron chi connectivity index (χ4n) is 5.25. The summed E-state index contributed by atoms with van der Waals surface area (Å²) >= 11 is 0. The van der Waals surface area contributed by atoms with E-state index in [1.165, 1.54) is 23.3 Å². The number of alkyl halides is 4. The normalized spacial score (nSPS) is 24.0. The topological polar surface area (TPSA) is 73.1 Å². The minimum atomic E-state index is -4.50. The number of amides is 1. The number of carbonyl (C=O) groups is 1. The number of carbonyl (C=O) groups excluding carboxylic acids is 1. The third-order valence-corrected chi connectivity index (χ3v) is 6.88. The van der Waals surface area contributed by atoms with Crippen LogP contribution < -0.4 is 4.74 Å². The Morgan fingerprint density at radius 1 is 1.14 bits per heavy atom. The second kappa shape index (κ2) is 8.94. The van der Waals surface area contributed by atoms with E-state index in [1.54, 1.807) is 30.0 Å². The van der Waals surface area contributed by atoms with Gasteiger partial charge in [0.1, 0.15) is 12.8 Å². The van der Waals surface area contributed by atoms with Gasteiger partial charge >= 0.3 is 6.18 Å². The molecule has 0 N–H and O–H groups in total. The van der Waals surface area contributed by atoms with Crippen LogP contribution >= 0.6 is 0 Å². The van der Waals surface area contributed by atoms with Crippen molar-refractivity contribution in [2.45, 2.75) is 50.6 Å². The maximum Gasteiger partial charge on any atom is 0.417 e. The van der Waals surface area contributed by atoms with Crippen molar-refractivity contribution in [1.82, 2.24) is 24.9 Å². The average molecular weight is 489 g/mol. The van der Waals surface area contributed by atoms with Gasteiger partial charge in [0.15, 0.2) is 0 Å². The van der Waals surface area contributed by atoms with Gasteiger partial charge in [-0.25, -0.2) is 9.37 Å². The first-order chi connectivity index (χ1) is 16.8. The molecule has 35 heavy (non-hydrogen) atoms. The summed E-state index contributed by atoms with van der Waals surface area (Å²) < 4.78 is 58.9. The first-order valence-electron chi connectivity index (χ1n) is 11.3. The molecule has 1 aliphatic carbocycles. The molecule has 4 unspecified atom stereocenters. The molecule has 6 rings (SSSR count). The molecule has 1 amide bonds. The molecule has 2 bridgehead atoms. The van der Waals surface area contributed by atoms with Crippen LogP contribution in [0, 0.1) is 12.8 Å². The highest BCUT2D eigenvalue weighted by Gasteiger charge is 2.51. The third kappa shape index (κ3) is 4.23. The van der Waals surface area contributed by atoms with Crippen LogP contribution in [0.15, 0.2) is 48.9 Å². The zero-order valence-electron chi connectivity index (χ0n) is 18.8. The largest absolute Gasteiger partial charge is 0.472 e. The molecule has 0 spiro atoms. The zero-order chi connectivity index (χ0) is 24.7. The van der Waals surface area contributed by atoms with Gasteiger partial charge in [0.2, 0.25) is 5.88 Å². The van der Waals surface area contributed by atoms with E-state index >= 15 is 0 Å². The maximum atomic E-state index is 14.3. The Labute approximate surface area is 198 Å². The lowest BCUT2D eigenvalue weighted by molar-refractivity contribution is -0.137. The summed E-state index contributed by atoms with van der Waals surface area (Å²) in [4.78, 5) is 20.7. The Kier molecular flexibility index (Phi) is 5.94. The molecule has 4 heterocycles. The summed E-state index contributed by atoms with van der Waals surface area (Å²) in [5.41, 5.74) is 0.691. The Morgan fingerprint density at radius 2 is 1.91 bits per heavy atom. The molecule has 2 aliphatic heterocycles. The van der Waals surface area contributed by atoms with Crippen molar-refractivity contribution in [1.29, 1.82) is 0 Å². The van der Waals surface area contributed by atoms with Crippen molar-refractivity contribution in [3.63, 3.8) is 0 Å². The van der Waals surface area contributed by atoms with Gasteiger partial charge in [0.05, 0.1) is 41.3 Å². The number of rotatable bonds is 5. The van der Waals surface area contributed by atoms with Gasteiger partial charge < -0.3 is 9.64 Å². The van der Waals surface area contributed by atoms with Crippen LogP contribution in [0.4, 0.5) is 17.6 Å². The molecule has 1 saturated carbocycles. The number of aryl methyl sites for hydroxylation is 1. The average Bonchev–Trinajstić information content (AvgIpc) is 3.38. The number of fused-ring (bicyclic) bond motifs is 3. The molecular weight excluding hydrogens is 466 g/mol. The van der Waals surface area contributed by atoms with Gasteiger partial charge in [0, 0.05) is 12.3 Å². The van der Waals surface area contributed by atoms with Crippen LogP contribution in [0.3, 0.4) is 0 Å². The van der Waals surface area contributed by atoms with E-state index in [1.807, 2.05) is 0 Å².